The third kappa shape index (κ3) is 20.7. The zero-order chi connectivity index (χ0) is 19.3. The van der Waals surface area contributed by atoms with E-state index in [1.54, 1.807) is 0 Å². The van der Waals surface area contributed by atoms with Crippen molar-refractivity contribution in [1.82, 2.24) is 0 Å². The van der Waals surface area contributed by atoms with Gasteiger partial charge in [-0.05, 0) is 12.8 Å². The second-order valence-electron chi connectivity index (χ2n) is 7.17. The Balaban J connectivity index is 3.04. The summed E-state index contributed by atoms with van der Waals surface area (Å²) in [5, 5.41) is 8.56. The van der Waals surface area contributed by atoms with Gasteiger partial charge >= 0.3 is 11.9 Å². The molecule has 0 amide bonds. The fourth-order valence-electron chi connectivity index (χ4n) is 3.08. The third-order valence-corrected chi connectivity index (χ3v) is 4.70. The van der Waals surface area contributed by atoms with Gasteiger partial charge in [-0.15, -0.1) is 0 Å². The normalized spacial score (nSPS) is 10.6. The van der Waals surface area contributed by atoms with E-state index in [1.165, 1.54) is 83.1 Å². The molecule has 0 aliphatic rings. The summed E-state index contributed by atoms with van der Waals surface area (Å²) in [6.45, 7) is 3.89. The molecule has 0 spiro atoms. The van der Waals surface area contributed by atoms with Crippen LogP contribution in [0.25, 0.3) is 0 Å². The standard InChI is InChI=1S/C22H40O4/c1-2-22(25)26-20-18-16-14-12-10-8-6-4-3-5-7-9-11-13-15-17-19-21(23)24/h2H,1,3-20H2,(H,23,24). The zero-order valence-corrected chi connectivity index (χ0v) is 16.7. The summed E-state index contributed by atoms with van der Waals surface area (Å²) < 4.78 is 4.95. The lowest BCUT2D eigenvalue weighted by atomic mass is 10.0. The number of carbonyl (C=O) groups excluding carboxylic acids is 1. The average Bonchev–Trinajstić information content (AvgIpc) is 2.63. The number of rotatable bonds is 20. The van der Waals surface area contributed by atoms with E-state index in [2.05, 4.69) is 6.58 Å². The Morgan fingerprint density at radius 3 is 1.35 bits per heavy atom. The Bertz CT molecular complexity index is 352. The number of hydrogen-bond acceptors (Lipinski definition) is 3. The summed E-state index contributed by atoms with van der Waals surface area (Å²) in [5.74, 6) is -0.989. The minimum Gasteiger partial charge on any atom is -0.481 e. The van der Waals surface area contributed by atoms with Crippen LogP contribution in [0.2, 0.25) is 0 Å². The number of unbranched alkanes of at least 4 members (excludes halogenated alkanes) is 15. The van der Waals surface area contributed by atoms with Gasteiger partial charge in [-0.3, -0.25) is 4.79 Å². The number of aliphatic carboxylic acids is 1. The molecule has 0 radical (unpaired) electrons. The first-order valence-electron chi connectivity index (χ1n) is 10.7. The van der Waals surface area contributed by atoms with E-state index < -0.39 is 5.97 Å². The Morgan fingerprint density at radius 1 is 0.654 bits per heavy atom. The molecule has 0 atom stereocenters. The van der Waals surface area contributed by atoms with Gasteiger partial charge < -0.3 is 9.84 Å². The monoisotopic (exact) mass is 368 g/mol. The van der Waals surface area contributed by atoms with Crippen LogP contribution in [0.4, 0.5) is 0 Å². The van der Waals surface area contributed by atoms with Crippen molar-refractivity contribution in [1.29, 1.82) is 0 Å². The Morgan fingerprint density at radius 2 is 1.00 bits per heavy atom. The molecule has 0 aromatic carbocycles. The lowest BCUT2D eigenvalue weighted by Crippen LogP contribution is -2.01. The van der Waals surface area contributed by atoms with Crippen LogP contribution in [-0.4, -0.2) is 23.7 Å². The maximum atomic E-state index is 10.8. The highest BCUT2D eigenvalue weighted by Gasteiger charge is 1.98. The van der Waals surface area contributed by atoms with Crippen LogP contribution >= 0.6 is 0 Å². The molecule has 0 unspecified atom stereocenters. The molecular formula is C22H40O4. The number of ether oxygens (including phenoxy) is 1. The molecule has 0 aliphatic heterocycles. The predicted octanol–water partition coefficient (Wildman–Crippen LogP) is 6.43. The summed E-state index contributed by atoms with van der Waals surface area (Å²) in [7, 11) is 0. The maximum absolute atomic E-state index is 10.8. The lowest BCUT2D eigenvalue weighted by molar-refractivity contribution is -0.138. The molecule has 26 heavy (non-hydrogen) atoms. The van der Waals surface area contributed by atoms with E-state index in [4.69, 9.17) is 9.84 Å². The molecule has 0 fully saturated rings. The van der Waals surface area contributed by atoms with Crippen LogP contribution in [-0.2, 0) is 14.3 Å². The molecule has 0 bridgehead atoms. The van der Waals surface area contributed by atoms with Gasteiger partial charge in [-0.2, -0.15) is 0 Å². The topological polar surface area (TPSA) is 63.6 Å². The zero-order valence-electron chi connectivity index (χ0n) is 16.7. The van der Waals surface area contributed by atoms with Gasteiger partial charge in [0, 0.05) is 12.5 Å². The first kappa shape index (κ1) is 24.7. The third-order valence-electron chi connectivity index (χ3n) is 4.70. The van der Waals surface area contributed by atoms with E-state index >= 15 is 0 Å². The predicted molar refractivity (Wildman–Crippen MR) is 107 cm³/mol. The van der Waals surface area contributed by atoms with E-state index in [0.717, 1.165) is 25.7 Å². The quantitative estimate of drug-likeness (QED) is 0.153. The van der Waals surface area contributed by atoms with Crippen molar-refractivity contribution in [2.45, 2.75) is 109 Å². The average molecular weight is 369 g/mol. The molecule has 0 rings (SSSR count). The van der Waals surface area contributed by atoms with E-state index in [9.17, 15) is 9.59 Å². The first-order valence-corrected chi connectivity index (χ1v) is 10.7. The molecule has 152 valence electrons. The van der Waals surface area contributed by atoms with Gasteiger partial charge in [-0.1, -0.05) is 96.5 Å². The van der Waals surface area contributed by atoms with Crippen molar-refractivity contribution >= 4 is 11.9 Å². The van der Waals surface area contributed by atoms with Crippen LogP contribution in [0.1, 0.15) is 109 Å². The highest BCUT2D eigenvalue weighted by Crippen LogP contribution is 2.14. The fourth-order valence-corrected chi connectivity index (χ4v) is 3.08. The molecular weight excluding hydrogens is 328 g/mol. The summed E-state index contributed by atoms with van der Waals surface area (Å²) in [5.41, 5.74) is 0. The van der Waals surface area contributed by atoms with Crippen molar-refractivity contribution in [3.8, 4) is 0 Å². The van der Waals surface area contributed by atoms with Gasteiger partial charge in [-0.25, -0.2) is 4.79 Å². The molecule has 4 nitrogen and oxygen atoms in total. The highest BCUT2D eigenvalue weighted by atomic mass is 16.5. The smallest absolute Gasteiger partial charge is 0.330 e. The fraction of sp³-hybridized carbons (Fsp3) is 0.818. The molecule has 0 saturated carbocycles. The molecule has 0 saturated heterocycles. The largest absolute Gasteiger partial charge is 0.481 e. The Hall–Kier alpha value is -1.32. The van der Waals surface area contributed by atoms with Crippen LogP contribution in [0.3, 0.4) is 0 Å². The first-order chi connectivity index (χ1) is 12.7. The van der Waals surface area contributed by atoms with Gasteiger partial charge in [0.15, 0.2) is 0 Å². The number of carboxylic acid groups (broad SMARTS) is 1. The number of esters is 1. The second-order valence-corrected chi connectivity index (χ2v) is 7.17. The van der Waals surface area contributed by atoms with Crippen molar-refractivity contribution in [2.24, 2.45) is 0 Å². The highest BCUT2D eigenvalue weighted by molar-refractivity contribution is 5.81. The van der Waals surface area contributed by atoms with Gasteiger partial charge in [0.25, 0.3) is 0 Å². The number of carboxylic acids is 1. The summed E-state index contributed by atoms with van der Waals surface area (Å²) in [6.07, 6.45) is 21.2. The Kier molecular flexibility index (Phi) is 19.0. The van der Waals surface area contributed by atoms with E-state index in [1.807, 2.05) is 0 Å². The second kappa shape index (κ2) is 20.0. The Labute approximate surface area is 160 Å². The molecule has 0 aromatic heterocycles. The summed E-state index contributed by atoms with van der Waals surface area (Å²) >= 11 is 0. The van der Waals surface area contributed by atoms with E-state index in [0.29, 0.717) is 13.0 Å². The minimum absolute atomic E-state index is 0.319. The molecule has 0 aromatic rings. The van der Waals surface area contributed by atoms with Crippen molar-refractivity contribution < 1.29 is 19.4 Å². The van der Waals surface area contributed by atoms with Gasteiger partial charge in [0.05, 0.1) is 6.61 Å². The number of carbonyl (C=O) groups is 2. The van der Waals surface area contributed by atoms with Gasteiger partial charge in [0.1, 0.15) is 0 Å². The van der Waals surface area contributed by atoms with Crippen LogP contribution in [0.5, 0.6) is 0 Å². The molecule has 1 N–H and O–H groups in total. The summed E-state index contributed by atoms with van der Waals surface area (Å²) in [4.78, 5) is 21.2. The SMILES string of the molecule is C=CC(=O)OCCCCCCCCCCCCCCCCCCC(=O)O. The molecule has 4 heteroatoms. The van der Waals surface area contributed by atoms with Crippen LogP contribution < -0.4 is 0 Å². The molecule has 0 heterocycles. The van der Waals surface area contributed by atoms with Crippen LogP contribution in [0.15, 0.2) is 12.7 Å². The van der Waals surface area contributed by atoms with Crippen LogP contribution in [0, 0.1) is 0 Å². The number of hydrogen-bond donors (Lipinski definition) is 1. The van der Waals surface area contributed by atoms with Crippen molar-refractivity contribution in [3.63, 3.8) is 0 Å². The van der Waals surface area contributed by atoms with Crippen molar-refractivity contribution in [3.05, 3.63) is 12.7 Å². The minimum atomic E-state index is -0.670. The summed E-state index contributed by atoms with van der Waals surface area (Å²) in [6, 6.07) is 0. The lowest BCUT2D eigenvalue weighted by Gasteiger charge is -2.04. The van der Waals surface area contributed by atoms with Gasteiger partial charge in [0.2, 0.25) is 0 Å². The van der Waals surface area contributed by atoms with E-state index in [-0.39, 0.29) is 5.97 Å². The molecule has 0 aliphatic carbocycles. The maximum Gasteiger partial charge on any atom is 0.330 e. The van der Waals surface area contributed by atoms with Crippen molar-refractivity contribution in [2.75, 3.05) is 6.61 Å².